The molecule has 0 unspecified atom stereocenters. The Bertz CT molecular complexity index is 5850. The van der Waals surface area contributed by atoms with Crippen LogP contribution in [-0.4, -0.2) is 106 Å². The maximum Gasteiger partial charge on any atom is 2.00 e. The van der Waals surface area contributed by atoms with E-state index in [1.807, 2.05) is 0 Å². The minimum absolute atomic E-state index is 0. The third kappa shape index (κ3) is 33.7. The Hall–Kier alpha value is -19.5. The number of anilines is 12. The van der Waals surface area contributed by atoms with E-state index in [2.05, 4.69) is 59.8 Å². The molecule has 0 aliphatic heterocycles. The molecule has 0 saturated heterocycles. The number of carboxylic acid groups (broad SMARTS) is 6. The first-order valence-electron chi connectivity index (χ1n) is 40.8. The van der Waals surface area contributed by atoms with Gasteiger partial charge in [-0.2, -0.15) is 0 Å². The molecule has 0 spiro atoms. The van der Waals surface area contributed by atoms with Crippen LogP contribution in [0.15, 0.2) is 366 Å². The van der Waals surface area contributed by atoms with Crippen molar-refractivity contribution in [2.45, 2.75) is 0 Å². The first kappa shape index (κ1) is 106. The van der Waals surface area contributed by atoms with Gasteiger partial charge in [-0.05, 0) is 225 Å². The Kier molecular flexibility index (Phi) is 39.8. The number of aromatic carboxylic acids is 6. The van der Waals surface area contributed by atoms with Gasteiger partial charge in [0.1, 0.15) is 0 Å². The first-order chi connectivity index (χ1) is 66.3. The summed E-state index contributed by atoms with van der Waals surface area (Å²) in [6.07, 6.45) is 19.8. The minimum atomic E-state index is -1.23. The Morgan fingerprint density at radius 2 is 0.257 bits per heavy atom. The van der Waals surface area contributed by atoms with Crippen LogP contribution in [-0.2, 0) is 33.0 Å². The Morgan fingerprint density at radius 1 is 0.164 bits per heavy atom. The molecule has 18 rings (SSSR count). The Labute approximate surface area is 820 Å². The Morgan fingerprint density at radius 3 is 0.336 bits per heavy atom. The van der Waals surface area contributed by atoms with Gasteiger partial charge >= 0.3 is 44.9 Å². The first-order valence-corrected chi connectivity index (χ1v) is 40.8. The van der Waals surface area contributed by atoms with Crippen LogP contribution in [0, 0.1) is 0 Å². The fourth-order valence-corrected chi connectivity index (χ4v) is 11.8. The fourth-order valence-electron chi connectivity index (χ4n) is 11.8. The summed E-state index contributed by atoms with van der Waals surface area (Å²) >= 11 is 0. The molecule has 18 aromatic rings. The molecule has 12 aromatic heterocycles. The van der Waals surface area contributed by atoms with Gasteiger partial charge in [0.25, 0.3) is 0 Å². The van der Waals surface area contributed by atoms with Gasteiger partial charge in [0.05, 0.1) is 103 Å². The van der Waals surface area contributed by atoms with Crippen molar-refractivity contribution in [1.82, 2.24) is 59.8 Å². The van der Waals surface area contributed by atoms with Gasteiger partial charge in [0.2, 0.25) is 0 Å². The number of hydrogen-bond acceptors (Lipinski definition) is 34. The van der Waals surface area contributed by atoms with Gasteiger partial charge in [-0.15, -0.1) is 0 Å². The number of carbonyl (C=O) groups is 6. The van der Waals surface area contributed by atoms with Crippen molar-refractivity contribution in [1.29, 1.82) is 0 Å². The molecule has 0 aliphatic rings. The topological polar surface area (TPSA) is 702 Å². The number of carbonyl (C=O) groups excluding carboxylic acids is 4. The van der Waals surface area contributed by atoms with E-state index >= 15 is 0 Å². The molecule has 0 radical (unpaired) electrons. The third-order valence-electron chi connectivity index (χ3n) is 18.7. The number of hydrogen-bond donors (Lipinski definition) is 14. The summed E-state index contributed by atoms with van der Waals surface area (Å²) in [5, 5.41) is 59.9. The van der Waals surface area contributed by atoms with E-state index in [1.54, 1.807) is 293 Å². The van der Waals surface area contributed by atoms with E-state index in [1.165, 1.54) is 72.8 Å². The van der Waals surface area contributed by atoms with Crippen LogP contribution < -0.4 is 89.2 Å². The van der Waals surface area contributed by atoms with Gasteiger partial charge in [0, 0.05) is 143 Å². The molecule has 0 atom stereocenters. The van der Waals surface area contributed by atoms with Crippen molar-refractivity contribution in [3.8, 4) is 102 Å². The average Bonchev–Trinajstić information content (AvgIpc) is 0.936. The maximum atomic E-state index is 10.7. The molecule has 12 heterocycles. The average molecular weight is 1960 g/mol. The number of pyridine rings is 12. The van der Waals surface area contributed by atoms with Gasteiger partial charge in [-0.1, -0.05) is 121 Å². The van der Waals surface area contributed by atoms with Crippen molar-refractivity contribution in [3.63, 3.8) is 0 Å². The summed E-state index contributed by atoms with van der Waals surface area (Å²) in [5.41, 5.74) is 90.1. The molecule has 0 aliphatic carbocycles. The molecule has 0 bridgehead atoms. The van der Waals surface area contributed by atoms with E-state index in [9.17, 15) is 49.2 Å². The van der Waals surface area contributed by atoms with Crippen molar-refractivity contribution >= 4 is 104 Å². The quantitative estimate of drug-likeness (QED) is 0.0424. The standard InChI is InChI=1S/3C14H10O4.6C10H10N4.2Ni/c3*15-13(16)11-5-1-9(2-6-11)10-3-7-12(8-4-10)14(17)18;6*11-7-1-3-13-9(5-7)10-6-8(12)2-4-14-10;;/h3*1-8H,(H,15,16)(H,17,18);6*1-6H,(H2,11,13)(H2,12,14);;/q;;;;;;;;;2*+2/p-4. The summed E-state index contributed by atoms with van der Waals surface area (Å²) in [7, 11) is 0. The predicted molar refractivity (Wildman–Crippen MR) is 525 cm³/mol. The number of nitrogens with two attached hydrogens (primary N) is 12. The molecular formula is C102H86N24Ni2O12. The van der Waals surface area contributed by atoms with Crippen LogP contribution in [0.25, 0.3) is 102 Å². The van der Waals surface area contributed by atoms with Crippen LogP contribution >= 0.6 is 0 Å². The summed E-state index contributed by atoms with van der Waals surface area (Å²) in [6.45, 7) is 0. The zero-order chi connectivity index (χ0) is 99.2. The summed E-state index contributed by atoms with van der Waals surface area (Å²) < 4.78 is 0. The van der Waals surface area contributed by atoms with Gasteiger partial charge in [-0.3, -0.25) is 59.8 Å². The second-order valence-corrected chi connectivity index (χ2v) is 28.9. The minimum Gasteiger partial charge on any atom is -0.545 e. The van der Waals surface area contributed by atoms with Crippen molar-refractivity contribution < 1.29 is 92.4 Å². The number of nitrogen functional groups attached to an aromatic ring is 12. The molecule has 0 fully saturated rings. The predicted octanol–water partition coefficient (Wildman–Crippen LogP) is 10.8. The second kappa shape index (κ2) is 52.7. The maximum absolute atomic E-state index is 10.7. The van der Waals surface area contributed by atoms with E-state index < -0.39 is 35.8 Å². The van der Waals surface area contributed by atoms with E-state index in [0.717, 1.165) is 102 Å². The van der Waals surface area contributed by atoms with Gasteiger partial charge in [-0.25, -0.2) is 9.59 Å². The van der Waals surface area contributed by atoms with Crippen LogP contribution in [0.4, 0.5) is 68.2 Å². The molecule has 26 N–H and O–H groups in total. The normalized spacial score (nSPS) is 9.86. The summed E-state index contributed by atoms with van der Waals surface area (Å²) in [5.74, 6) is -6.85. The van der Waals surface area contributed by atoms with Crippen LogP contribution in [0.5, 0.6) is 0 Å². The number of aromatic nitrogens is 12. The molecular weight excluding hydrogens is 1870 g/mol. The summed E-state index contributed by atoms with van der Waals surface area (Å²) in [4.78, 5) is 114. The Balaban J connectivity index is 0.000000193. The number of benzene rings is 6. The van der Waals surface area contributed by atoms with Gasteiger partial charge in [0.15, 0.2) is 0 Å². The number of rotatable bonds is 15. The van der Waals surface area contributed by atoms with Crippen LogP contribution in [0.2, 0.25) is 0 Å². The number of carboxylic acids is 6. The van der Waals surface area contributed by atoms with Crippen molar-refractivity contribution in [2.75, 3.05) is 68.8 Å². The third-order valence-corrected chi connectivity index (χ3v) is 18.7. The SMILES string of the molecule is Nc1ccnc(-c2cc(N)ccn2)c1.Nc1ccnc(-c2cc(N)ccn2)c1.Nc1ccnc(-c2cc(N)ccn2)c1.Nc1ccnc(-c2cc(N)ccn2)c1.Nc1ccnc(-c2cc(N)ccn2)c1.Nc1ccnc(-c2cc(N)ccn2)c1.O=C([O-])c1ccc(-c2ccc(C(=O)O)cc2)cc1.O=C([O-])c1ccc(-c2ccc(C(=O)O)cc2)cc1.O=C([O-])c1ccc(-c2ccc(C(=O)[O-])cc2)cc1.[Ni+2].[Ni+2]. The van der Waals surface area contributed by atoms with Gasteiger partial charge < -0.3 is 119 Å². The largest absolute Gasteiger partial charge is 2.00 e. The van der Waals surface area contributed by atoms with Crippen LogP contribution in [0.1, 0.15) is 62.1 Å². The van der Waals surface area contributed by atoms with E-state index in [-0.39, 0.29) is 66.4 Å². The number of nitrogens with zero attached hydrogens (tertiary/aromatic N) is 12. The second-order valence-electron chi connectivity index (χ2n) is 28.9. The fraction of sp³-hybridized carbons (Fsp3) is 0. The molecule has 706 valence electrons. The summed E-state index contributed by atoms with van der Waals surface area (Å²) in [6, 6.07) is 79.5. The molecule has 38 heteroatoms. The monoisotopic (exact) mass is 1950 g/mol. The van der Waals surface area contributed by atoms with E-state index in [0.29, 0.717) is 68.2 Å². The zero-order valence-electron chi connectivity index (χ0n) is 73.5. The van der Waals surface area contributed by atoms with Crippen molar-refractivity contribution in [3.05, 3.63) is 399 Å². The molecule has 6 aromatic carbocycles. The smallest absolute Gasteiger partial charge is 0.545 e. The molecule has 140 heavy (non-hydrogen) atoms. The van der Waals surface area contributed by atoms with E-state index in [4.69, 9.17) is 79.0 Å². The zero-order valence-corrected chi connectivity index (χ0v) is 75.5. The molecule has 0 saturated carbocycles. The van der Waals surface area contributed by atoms with Crippen LogP contribution in [0.3, 0.4) is 0 Å². The van der Waals surface area contributed by atoms with Crippen molar-refractivity contribution in [2.24, 2.45) is 0 Å². The molecule has 36 nitrogen and oxygen atoms in total. The molecule has 0 amide bonds.